The number of anilines is 1. The summed E-state index contributed by atoms with van der Waals surface area (Å²) in [5, 5.41) is 10.4. The number of carbonyl (C=O) groups is 1. The lowest BCUT2D eigenvalue weighted by Crippen LogP contribution is -2.25. The van der Waals surface area contributed by atoms with E-state index in [4.69, 9.17) is 27.9 Å². The summed E-state index contributed by atoms with van der Waals surface area (Å²) < 4.78 is 7.05. The molecule has 1 amide bonds. The van der Waals surface area contributed by atoms with Crippen molar-refractivity contribution in [3.8, 4) is 0 Å². The molecule has 0 aliphatic carbocycles. The molecule has 1 aliphatic rings. The van der Waals surface area contributed by atoms with Gasteiger partial charge in [-0.1, -0.05) is 35.0 Å². The Morgan fingerprint density at radius 3 is 3.08 bits per heavy atom. The molecule has 134 valence electrons. The molecule has 0 spiro atoms. The number of ether oxygens (including phenoxy) is 1. The lowest BCUT2D eigenvalue weighted by molar-refractivity contribution is -0.113. The number of carbonyl (C=O) groups excluding carboxylic acids is 1. The zero-order valence-corrected chi connectivity index (χ0v) is 15.5. The summed E-state index contributed by atoms with van der Waals surface area (Å²) in [4.78, 5) is 24.0. The van der Waals surface area contributed by atoms with Crippen molar-refractivity contribution in [2.45, 2.75) is 30.6 Å². The van der Waals surface area contributed by atoms with Crippen molar-refractivity contribution in [1.29, 1.82) is 0 Å². The second-order valence-corrected chi connectivity index (χ2v) is 7.30. The van der Waals surface area contributed by atoms with E-state index in [0.29, 0.717) is 34.0 Å². The van der Waals surface area contributed by atoms with Gasteiger partial charge in [-0.2, -0.15) is 0 Å². The van der Waals surface area contributed by atoms with Crippen LogP contribution in [0.1, 0.15) is 12.8 Å². The van der Waals surface area contributed by atoms with E-state index in [1.54, 1.807) is 18.2 Å². The van der Waals surface area contributed by atoms with Crippen LogP contribution in [0.3, 0.4) is 0 Å². The Hall–Kier alpha value is -1.48. The second kappa shape index (κ2) is 8.27. The highest BCUT2D eigenvalue weighted by Gasteiger charge is 2.20. The lowest BCUT2D eigenvalue weighted by atomic mass is 10.2. The number of nitrogens with zero attached hydrogens (tertiary/aromatic N) is 2. The Bertz CT molecular complexity index is 817. The maximum Gasteiger partial charge on any atom is 0.344 e. The van der Waals surface area contributed by atoms with Crippen molar-refractivity contribution < 1.29 is 9.53 Å². The van der Waals surface area contributed by atoms with E-state index in [0.717, 1.165) is 12.8 Å². The number of hydrogen-bond acceptors (Lipinski definition) is 5. The molecule has 2 heterocycles. The maximum atomic E-state index is 12.1. The molecule has 0 radical (unpaired) electrons. The van der Waals surface area contributed by atoms with Gasteiger partial charge in [-0.15, -0.1) is 5.10 Å². The van der Waals surface area contributed by atoms with Gasteiger partial charge in [-0.3, -0.25) is 9.36 Å². The van der Waals surface area contributed by atoms with Crippen LogP contribution >= 0.6 is 35.0 Å². The fraction of sp³-hybridized carbons (Fsp3) is 0.400. The van der Waals surface area contributed by atoms with Gasteiger partial charge in [-0.05, 0) is 31.0 Å². The van der Waals surface area contributed by atoms with Crippen LogP contribution in [0.4, 0.5) is 5.69 Å². The highest BCUT2D eigenvalue weighted by molar-refractivity contribution is 7.99. The number of benzene rings is 1. The van der Waals surface area contributed by atoms with Gasteiger partial charge in [0, 0.05) is 11.6 Å². The first-order chi connectivity index (χ1) is 12.0. The fourth-order valence-corrected chi connectivity index (χ4v) is 3.57. The fourth-order valence-electron chi connectivity index (χ4n) is 2.48. The van der Waals surface area contributed by atoms with Gasteiger partial charge in [0.05, 0.1) is 29.1 Å². The van der Waals surface area contributed by atoms with E-state index in [-0.39, 0.29) is 23.5 Å². The first kappa shape index (κ1) is 18.3. The Kier molecular flexibility index (Phi) is 6.06. The van der Waals surface area contributed by atoms with Crippen LogP contribution in [-0.2, 0) is 16.1 Å². The van der Waals surface area contributed by atoms with Gasteiger partial charge in [0.25, 0.3) is 0 Å². The highest BCUT2D eigenvalue weighted by atomic mass is 35.5. The van der Waals surface area contributed by atoms with Gasteiger partial charge < -0.3 is 10.1 Å². The Labute approximate surface area is 158 Å². The standard InChI is InChI=1S/C15H16Cl2N4O3S/c16-9-3-4-11(17)12(6-9)18-13(22)8-25-15-20-19-14(23)21(15)7-10-2-1-5-24-10/h3-4,6,10H,1-2,5,7-8H2,(H,18,22)(H,19,23). The Morgan fingerprint density at radius 2 is 2.32 bits per heavy atom. The van der Waals surface area contributed by atoms with Gasteiger partial charge in [0.1, 0.15) is 0 Å². The van der Waals surface area contributed by atoms with Crippen LogP contribution < -0.4 is 11.0 Å². The van der Waals surface area contributed by atoms with Gasteiger partial charge in [0.2, 0.25) is 5.91 Å². The zero-order valence-electron chi connectivity index (χ0n) is 13.1. The minimum Gasteiger partial charge on any atom is -0.376 e. The number of aromatic amines is 1. The van der Waals surface area contributed by atoms with Crippen molar-refractivity contribution in [3.63, 3.8) is 0 Å². The van der Waals surface area contributed by atoms with Crippen LogP contribution in [-0.4, -0.2) is 39.1 Å². The number of hydrogen-bond donors (Lipinski definition) is 2. The van der Waals surface area contributed by atoms with Crippen LogP contribution in [0.25, 0.3) is 0 Å². The summed E-state index contributed by atoms with van der Waals surface area (Å²) in [6.07, 6.45) is 1.91. The molecule has 1 saturated heterocycles. The van der Waals surface area contributed by atoms with E-state index >= 15 is 0 Å². The summed E-state index contributed by atoms with van der Waals surface area (Å²) in [6.45, 7) is 1.14. The summed E-state index contributed by atoms with van der Waals surface area (Å²) >= 11 is 13.1. The quantitative estimate of drug-likeness (QED) is 0.725. The smallest absolute Gasteiger partial charge is 0.344 e. The summed E-state index contributed by atoms with van der Waals surface area (Å²) in [7, 11) is 0. The van der Waals surface area contributed by atoms with Crippen molar-refractivity contribution in [3.05, 3.63) is 38.7 Å². The molecule has 1 unspecified atom stereocenters. The summed E-state index contributed by atoms with van der Waals surface area (Å²) in [5.41, 5.74) is 0.134. The van der Waals surface area contributed by atoms with Gasteiger partial charge >= 0.3 is 5.69 Å². The van der Waals surface area contributed by atoms with Crippen LogP contribution in [0.2, 0.25) is 10.0 Å². The van der Waals surface area contributed by atoms with Crippen molar-refractivity contribution >= 4 is 46.6 Å². The van der Waals surface area contributed by atoms with Gasteiger partial charge in [-0.25, -0.2) is 9.89 Å². The van der Waals surface area contributed by atoms with E-state index in [9.17, 15) is 9.59 Å². The predicted molar refractivity (Wildman–Crippen MR) is 97.6 cm³/mol. The average molecular weight is 403 g/mol. The van der Waals surface area contributed by atoms with E-state index in [1.807, 2.05) is 0 Å². The molecule has 1 aromatic carbocycles. The molecular formula is C15H16Cl2N4O3S. The topological polar surface area (TPSA) is 89.0 Å². The normalized spacial score (nSPS) is 17.0. The molecule has 3 rings (SSSR count). The molecule has 2 aromatic rings. The van der Waals surface area contributed by atoms with Crippen molar-refractivity contribution in [2.75, 3.05) is 17.7 Å². The molecule has 7 nitrogen and oxygen atoms in total. The SMILES string of the molecule is O=C(CSc1n[nH]c(=O)n1CC1CCCO1)Nc1cc(Cl)ccc1Cl. The third kappa shape index (κ3) is 4.78. The number of nitrogens with one attached hydrogen (secondary N) is 2. The van der Waals surface area contributed by atoms with Crippen molar-refractivity contribution in [1.82, 2.24) is 14.8 Å². The predicted octanol–water partition coefficient (Wildman–Crippen LogP) is 2.79. The van der Waals surface area contributed by atoms with E-state index in [1.165, 1.54) is 16.3 Å². The Morgan fingerprint density at radius 1 is 1.48 bits per heavy atom. The number of aromatic nitrogens is 3. The molecule has 1 aliphatic heterocycles. The first-order valence-corrected chi connectivity index (χ1v) is 9.41. The van der Waals surface area contributed by atoms with E-state index in [2.05, 4.69) is 15.5 Å². The van der Waals surface area contributed by atoms with Crippen LogP contribution in [0.5, 0.6) is 0 Å². The molecule has 2 N–H and O–H groups in total. The minimum absolute atomic E-state index is 0.00810. The number of H-pyrrole nitrogens is 1. The number of thioether (sulfide) groups is 1. The number of rotatable bonds is 6. The van der Waals surface area contributed by atoms with Crippen LogP contribution in [0.15, 0.2) is 28.2 Å². The highest BCUT2D eigenvalue weighted by Crippen LogP contribution is 2.26. The van der Waals surface area contributed by atoms with E-state index < -0.39 is 0 Å². The molecule has 0 saturated carbocycles. The molecule has 25 heavy (non-hydrogen) atoms. The summed E-state index contributed by atoms with van der Waals surface area (Å²) in [5.74, 6) is -0.188. The summed E-state index contributed by atoms with van der Waals surface area (Å²) in [6, 6.07) is 4.83. The molecule has 0 bridgehead atoms. The number of amides is 1. The Balaban J connectivity index is 1.60. The third-order valence-corrected chi connectivity index (χ3v) is 5.21. The largest absolute Gasteiger partial charge is 0.376 e. The minimum atomic E-state index is -0.309. The molecule has 10 heteroatoms. The van der Waals surface area contributed by atoms with Crippen molar-refractivity contribution in [2.24, 2.45) is 0 Å². The molecule has 1 aromatic heterocycles. The lowest BCUT2D eigenvalue weighted by Gasteiger charge is -2.11. The number of halogens is 2. The first-order valence-electron chi connectivity index (χ1n) is 7.67. The zero-order chi connectivity index (χ0) is 17.8. The monoisotopic (exact) mass is 402 g/mol. The molecule has 1 atom stereocenters. The van der Waals surface area contributed by atoms with Gasteiger partial charge in [0.15, 0.2) is 5.16 Å². The third-order valence-electron chi connectivity index (χ3n) is 3.67. The second-order valence-electron chi connectivity index (χ2n) is 5.52. The average Bonchev–Trinajstić information content (AvgIpc) is 3.21. The molecular weight excluding hydrogens is 387 g/mol. The van der Waals surface area contributed by atoms with Crippen LogP contribution in [0, 0.1) is 0 Å². The maximum absolute atomic E-state index is 12.1. The molecule has 1 fully saturated rings.